The minimum absolute atomic E-state index is 0.526. The Labute approximate surface area is 139 Å². The van der Waals surface area contributed by atoms with Gasteiger partial charge in [-0.3, -0.25) is 0 Å². The van der Waals surface area contributed by atoms with E-state index in [0.717, 1.165) is 43.6 Å². The number of rotatable bonds is 3. The molecule has 1 unspecified atom stereocenters. The number of aromatic nitrogens is 1. The molecule has 7 heteroatoms. The van der Waals surface area contributed by atoms with Gasteiger partial charge in [0.25, 0.3) is 0 Å². The molecule has 2 fully saturated rings. The summed E-state index contributed by atoms with van der Waals surface area (Å²) in [6.07, 6.45) is 4.11. The second kappa shape index (κ2) is 7.38. The standard InChI is InChI=1S/C16H24F3N3S/c17-16(18,19)14-10-20-15(23-14)22-9-5-6-13(12-22)11-21-7-3-1-2-4-8-21/h10,13H,1-9,11-12H2. The summed E-state index contributed by atoms with van der Waals surface area (Å²) >= 11 is 0.774. The molecular weight excluding hydrogens is 323 g/mol. The van der Waals surface area contributed by atoms with E-state index in [-0.39, 0.29) is 0 Å². The summed E-state index contributed by atoms with van der Waals surface area (Å²) < 4.78 is 38.2. The van der Waals surface area contributed by atoms with E-state index in [2.05, 4.69) is 9.88 Å². The highest BCUT2D eigenvalue weighted by Gasteiger charge is 2.34. The van der Waals surface area contributed by atoms with Gasteiger partial charge in [-0.1, -0.05) is 24.2 Å². The topological polar surface area (TPSA) is 19.4 Å². The van der Waals surface area contributed by atoms with Crippen molar-refractivity contribution >= 4 is 16.5 Å². The molecule has 2 aliphatic heterocycles. The SMILES string of the molecule is FC(F)(F)c1cnc(N2CCCC(CN3CCCCCC3)C2)s1. The molecule has 2 aliphatic rings. The average Bonchev–Trinajstić information content (AvgIpc) is 2.88. The summed E-state index contributed by atoms with van der Waals surface area (Å²) in [6.45, 7) is 5.08. The van der Waals surface area contributed by atoms with E-state index in [1.54, 1.807) is 0 Å². The van der Waals surface area contributed by atoms with Gasteiger partial charge in [-0.25, -0.2) is 4.98 Å². The first-order chi connectivity index (χ1) is 11.0. The number of thiazole rings is 1. The first-order valence-corrected chi connectivity index (χ1v) is 9.34. The van der Waals surface area contributed by atoms with E-state index in [4.69, 9.17) is 0 Å². The molecule has 0 N–H and O–H groups in total. The monoisotopic (exact) mass is 347 g/mol. The molecule has 0 saturated carbocycles. The lowest BCUT2D eigenvalue weighted by Gasteiger charge is -2.35. The maximum Gasteiger partial charge on any atom is 0.427 e. The molecule has 1 aromatic rings. The van der Waals surface area contributed by atoms with Crippen molar-refractivity contribution < 1.29 is 13.2 Å². The van der Waals surface area contributed by atoms with Gasteiger partial charge >= 0.3 is 6.18 Å². The van der Waals surface area contributed by atoms with Gasteiger partial charge in [-0.2, -0.15) is 13.2 Å². The molecule has 1 aromatic heterocycles. The molecule has 0 amide bonds. The highest BCUT2D eigenvalue weighted by molar-refractivity contribution is 7.15. The lowest BCUT2D eigenvalue weighted by molar-refractivity contribution is -0.134. The fourth-order valence-electron chi connectivity index (χ4n) is 3.61. The maximum absolute atomic E-state index is 12.7. The Kier molecular flexibility index (Phi) is 5.46. The number of alkyl halides is 3. The van der Waals surface area contributed by atoms with Crippen molar-refractivity contribution in [2.75, 3.05) is 37.6 Å². The lowest BCUT2D eigenvalue weighted by Crippen LogP contribution is -2.41. The summed E-state index contributed by atoms with van der Waals surface area (Å²) in [5, 5.41) is 0.526. The molecule has 1 atom stereocenters. The van der Waals surface area contributed by atoms with E-state index in [0.29, 0.717) is 11.0 Å². The van der Waals surface area contributed by atoms with Crippen LogP contribution in [0.4, 0.5) is 18.3 Å². The van der Waals surface area contributed by atoms with Crippen LogP contribution in [0, 0.1) is 5.92 Å². The van der Waals surface area contributed by atoms with Gasteiger partial charge in [-0.15, -0.1) is 0 Å². The molecule has 130 valence electrons. The summed E-state index contributed by atoms with van der Waals surface area (Å²) in [5.41, 5.74) is 0. The Bertz CT molecular complexity index is 495. The summed E-state index contributed by atoms with van der Waals surface area (Å²) in [6, 6.07) is 0. The summed E-state index contributed by atoms with van der Waals surface area (Å²) in [4.78, 5) is 8.01. The zero-order valence-electron chi connectivity index (χ0n) is 13.3. The van der Waals surface area contributed by atoms with Gasteiger partial charge in [0.15, 0.2) is 5.13 Å². The Morgan fingerprint density at radius 2 is 1.83 bits per heavy atom. The molecule has 0 spiro atoms. The molecule has 0 radical (unpaired) electrons. The highest BCUT2D eigenvalue weighted by Crippen LogP contribution is 2.37. The van der Waals surface area contributed by atoms with Crippen LogP contribution in [0.15, 0.2) is 6.20 Å². The van der Waals surface area contributed by atoms with Gasteiger partial charge < -0.3 is 9.80 Å². The van der Waals surface area contributed by atoms with Gasteiger partial charge in [0, 0.05) is 19.6 Å². The minimum Gasteiger partial charge on any atom is -0.348 e. The van der Waals surface area contributed by atoms with Crippen molar-refractivity contribution in [1.29, 1.82) is 0 Å². The quantitative estimate of drug-likeness (QED) is 0.815. The smallest absolute Gasteiger partial charge is 0.348 e. The molecule has 0 aliphatic carbocycles. The first-order valence-electron chi connectivity index (χ1n) is 8.53. The first kappa shape index (κ1) is 17.0. The van der Waals surface area contributed by atoms with Crippen molar-refractivity contribution in [3.05, 3.63) is 11.1 Å². The molecule has 3 rings (SSSR count). The molecule has 2 saturated heterocycles. The van der Waals surface area contributed by atoms with E-state index < -0.39 is 11.1 Å². The Morgan fingerprint density at radius 3 is 2.48 bits per heavy atom. The fourth-order valence-corrected chi connectivity index (χ4v) is 4.43. The third-order valence-electron chi connectivity index (χ3n) is 4.78. The zero-order chi connectivity index (χ0) is 16.3. The normalized spacial score (nSPS) is 24.7. The van der Waals surface area contributed by atoms with Crippen LogP contribution in [-0.4, -0.2) is 42.6 Å². The van der Waals surface area contributed by atoms with Gasteiger partial charge in [0.05, 0.1) is 6.20 Å². The molecule has 0 aromatic carbocycles. The number of nitrogens with zero attached hydrogens (tertiary/aromatic N) is 3. The third-order valence-corrected chi connectivity index (χ3v) is 5.88. The van der Waals surface area contributed by atoms with E-state index in [9.17, 15) is 13.2 Å². The molecule has 3 heterocycles. The summed E-state index contributed by atoms with van der Waals surface area (Å²) in [7, 11) is 0. The van der Waals surface area contributed by atoms with Crippen molar-refractivity contribution in [2.24, 2.45) is 5.92 Å². The Hall–Kier alpha value is -0.820. The second-order valence-corrected chi connectivity index (χ2v) is 7.68. The van der Waals surface area contributed by atoms with Crippen LogP contribution < -0.4 is 4.90 Å². The molecular formula is C16H24F3N3S. The van der Waals surface area contributed by atoms with Crippen LogP contribution in [0.2, 0.25) is 0 Å². The Morgan fingerprint density at radius 1 is 1.09 bits per heavy atom. The van der Waals surface area contributed by atoms with Crippen LogP contribution in [0.25, 0.3) is 0 Å². The minimum atomic E-state index is -4.28. The van der Waals surface area contributed by atoms with Crippen LogP contribution in [0.1, 0.15) is 43.4 Å². The number of hydrogen-bond acceptors (Lipinski definition) is 4. The molecule has 0 bridgehead atoms. The average molecular weight is 347 g/mol. The van der Waals surface area contributed by atoms with E-state index in [1.807, 2.05) is 4.90 Å². The van der Waals surface area contributed by atoms with E-state index >= 15 is 0 Å². The number of likely N-dealkylation sites (tertiary alicyclic amines) is 1. The van der Waals surface area contributed by atoms with Crippen molar-refractivity contribution in [3.63, 3.8) is 0 Å². The zero-order valence-corrected chi connectivity index (χ0v) is 14.1. The van der Waals surface area contributed by atoms with Crippen LogP contribution >= 0.6 is 11.3 Å². The van der Waals surface area contributed by atoms with Gasteiger partial charge in [-0.05, 0) is 44.7 Å². The maximum atomic E-state index is 12.7. The van der Waals surface area contributed by atoms with E-state index in [1.165, 1.54) is 45.2 Å². The number of hydrogen-bond donors (Lipinski definition) is 0. The Balaban J connectivity index is 1.58. The highest BCUT2D eigenvalue weighted by atomic mass is 32.1. The second-order valence-electron chi connectivity index (χ2n) is 6.67. The van der Waals surface area contributed by atoms with Crippen molar-refractivity contribution in [3.8, 4) is 0 Å². The van der Waals surface area contributed by atoms with Crippen LogP contribution in [-0.2, 0) is 6.18 Å². The number of anilines is 1. The predicted octanol–water partition coefficient (Wildman–Crippen LogP) is 4.25. The molecule has 23 heavy (non-hydrogen) atoms. The molecule has 3 nitrogen and oxygen atoms in total. The predicted molar refractivity (Wildman–Crippen MR) is 87.0 cm³/mol. The van der Waals surface area contributed by atoms with Crippen molar-refractivity contribution in [1.82, 2.24) is 9.88 Å². The van der Waals surface area contributed by atoms with Gasteiger partial charge in [0.1, 0.15) is 4.88 Å². The lowest BCUT2D eigenvalue weighted by atomic mass is 9.97. The van der Waals surface area contributed by atoms with Crippen LogP contribution in [0.5, 0.6) is 0 Å². The van der Waals surface area contributed by atoms with Gasteiger partial charge in [0.2, 0.25) is 0 Å². The largest absolute Gasteiger partial charge is 0.427 e. The third kappa shape index (κ3) is 4.59. The number of halogens is 3. The summed E-state index contributed by atoms with van der Waals surface area (Å²) in [5.74, 6) is 0.542. The van der Waals surface area contributed by atoms with Crippen LogP contribution in [0.3, 0.4) is 0 Å². The fraction of sp³-hybridized carbons (Fsp3) is 0.812. The number of piperidine rings is 1. The van der Waals surface area contributed by atoms with Crippen molar-refractivity contribution in [2.45, 2.75) is 44.7 Å².